The molecule has 2 aliphatic heterocycles. The quantitative estimate of drug-likeness (QED) is 0.586. The van der Waals surface area contributed by atoms with Crippen molar-refractivity contribution in [3.8, 4) is 0 Å². The summed E-state index contributed by atoms with van der Waals surface area (Å²) < 4.78 is 5.47. The molecule has 8 heteroatoms. The molecule has 162 valence electrons. The van der Waals surface area contributed by atoms with Crippen LogP contribution in [0.5, 0.6) is 0 Å². The summed E-state index contributed by atoms with van der Waals surface area (Å²) in [5.41, 5.74) is 4.25. The maximum atomic E-state index is 5.47. The standard InChI is InChI=1S/C23H29N7O/c1-15-12-30(13-16(2)28-15)20-5-3-4-18(29-20)10-24-22-21-19(17-6-8-31-9-7-17)11-25-23(21)27-14-26-22/h3-6,11,14-16,28H,7-10,12-13H2,1-2H3,(H2,24,25,26,27)/t15-,16+. The number of rotatable bonds is 5. The number of ether oxygens (including phenoxy) is 1. The van der Waals surface area contributed by atoms with Crippen molar-refractivity contribution >= 4 is 28.2 Å². The van der Waals surface area contributed by atoms with E-state index in [-0.39, 0.29) is 0 Å². The molecule has 0 aliphatic carbocycles. The molecule has 3 N–H and O–H groups in total. The summed E-state index contributed by atoms with van der Waals surface area (Å²) >= 11 is 0. The third-order valence-corrected chi connectivity index (χ3v) is 5.89. The molecule has 0 unspecified atom stereocenters. The van der Waals surface area contributed by atoms with E-state index in [9.17, 15) is 0 Å². The molecule has 2 atom stereocenters. The van der Waals surface area contributed by atoms with Crippen LogP contribution in [0.3, 0.4) is 0 Å². The number of anilines is 2. The summed E-state index contributed by atoms with van der Waals surface area (Å²) in [6.07, 6.45) is 6.65. The van der Waals surface area contributed by atoms with E-state index in [0.29, 0.717) is 25.2 Å². The van der Waals surface area contributed by atoms with E-state index >= 15 is 0 Å². The smallest absolute Gasteiger partial charge is 0.143 e. The van der Waals surface area contributed by atoms with Gasteiger partial charge in [0.25, 0.3) is 0 Å². The zero-order valence-electron chi connectivity index (χ0n) is 18.1. The van der Waals surface area contributed by atoms with Gasteiger partial charge in [0.2, 0.25) is 0 Å². The Hall–Kier alpha value is -2.97. The fraction of sp³-hybridized carbons (Fsp3) is 0.435. The zero-order valence-corrected chi connectivity index (χ0v) is 18.1. The predicted molar refractivity (Wildman–Crippen MR) is 123 cm³/mol. The van der Waals surface area contributed by atoms with Crippen LogP contribution < -0.4 is 15.5 Å². The Labute approximate surface area is 182 Å². The van der Waals surface area contributed by atoms with E-state index in [1.807, 2.05) is 6.20 Å². The van der Waals surface area contributed by atoms with Gasteiger partial charge < -0.3 is 25.3 Å². The van der Waals surface area contributed by atoms with Crippen molar-refractivity contribution in [3.05, 3.63) is 48.1 Å². The molecule has 3 aromatic rings. The molecule has 0 amide bonds. The molecule has 0 spiro atoms. The Morgan fingerprint density at radius 2 is 2.06 bits per heavy atom. The minimum absolute atomic E-state index is 0.452. The lowest BCUT2D eigenvalue weighted by molar-refractivity contribution is 0.161. The molecule has 5 rings (SSSR count). The lowest BCUT2D eigenvalue weighted by Gasteiger charge is -2.37. The molecule has 3 aromatic heterocycles. The predicted octanol–water partition coefficient (Wildman–Crippen LogP) is 2.96. The molecule has 1 saturated heterocycles. The summed E-state index contributed by atoms with van der Waals surface area (Å²) in [5, 5.41) is 8.09. The molecule has 5 heterocycles. The Kier molecular flexibility index (Phi) is 5.57. The number of pyridine rings is 1. The second-order valence-corrected chi connectivity index (χ2v) is 8.42. The SMILES string of the molecule is C[C@@H]1CN(c2cccc(CNc3ncnc4[nH]cc(C5=CCOCC5)c34)n2)C[C@H](C)N1. The maximum Gasteiger partial charge on any atom is 0.143 e. The largest absolute Gasteiger partial charge is 0.377 e. The van der Waals surface area contributed by atoms with Crippen molar-refractivity contribution in [2.75, 3.05) is 36.5 Å². The second-order valence-electron chi connectivity index (χ2n) is 8.42. The molecular formula is C23H29N7O. The number of aromatic amines is 1. The summed E-state index contributed by atoms with van der Waals surface area (Å²) in [7, 11) is 0. The van der Waals surface area contributed by atoms with Crippen molar-refractivity contribution in [1.29, 1.82) is 0 Å². The number of nitrogens with zero attached hydrogens (tertiary/aromatic N) is 4. The molecule has 0 radical (unpaired) electrons. The average Bonchev–Trinajstić information content (AvgIpc) is 3.23. The molecule has 8 nitrogen and oxygen atoms in total. The Balaban J connectivity index is 1.37. The summed E-state index contributed by atoms with van der Waals surface area (Å²) in [5.74, 6) is 1.85. The van der Waals surface area contributed by atoms with Gasteiger partial charge in [-0.15, -0.1) is 0 Å². The molecule has 0 saturated carbocycles. The van der Waals surface area contributed by atoms with Gasteiger partial charge in [-0.3, -0.25) is 0 Å². The molecule has 31 heavy (non-hydrogen) atoms. The fourth-order valence-electron chi connectivity index (χ4n) is 4.55. The number of aromatic nitrogens is 4. The van der Waals surface area contributed by atoms with Gasteiger partial charge in [-0.25, -0.2) is 15.0 Å². The maximum absolute atomic E-state index is 5.47. The van der Waals surface area contributed by atoms with Crippen LogP contribution in [0.4, 0.5) is 11.6 Å². The van der Waals surface area contributed by atoms with Crippen LogP contribution in [-0.2, 0) is 11.3 Å². The van der Waals surface area contributed by atoms with Gasteiger partial charge in [0.15, 0.2) is 0 Å². The number of nitrogens with one attached hydrogen (secondary N) is 3. The van der Waals surface area contributed by atoms with Gasteiger partial charge in [-0.2, -0.15) is 0 Å². The summed E-state index contributed by atoms with van der Waals surface area (Å²) in [6.45, 7) is 8.36. The van der Waals surface area contributed by atoms with Gasteiger partial charge in [-0.1, -0.05) is 12.1 Å². The Morgan fingerprint density at radius 3 is 2.87 bits per heavy atom. The fourth-order valence-corrected chi connectivity index (χ4v) is 4.55. The Morgan fingerprint density at radius 1 is 1.19 bits per heavy atom. The highest BCUT2D eigenvalue weighted by atomic mass is 16.5. The number of piperazine rings is 1. The highest BCUT2D eigenvalue weighted by Gasteiger charge is 2.22. The number of fused-ring (bicyclic) bond motifs is 1. The Bertz CT molecular complexity index is 1080. The van der Waals surface area contributed by atoms with Crippen molar-refractivity contribution in [3.63, 3.8) is 0 Å². The van der Waals surface area contributed by atoms with Gasteiger partial charge in [0.1, 0.15) is 23.6 Å². The van der Waals surface area contributed by atoms with E-state index in [1.165, 1.54) is 5.57 Å². The van der Waals surface area contributed by atoms with Crippen molar-refractivity contribution in [1.82, 2.24) is 25.3 Å². The van der Waals surface area contributed by atoms with E-state index in [4.69, 9.17) is 9.72 Å². The lowest BCUT2D eigenvalue weighted by atomic mass is 10.0. The first-order valence-electron chi connectivity index (χ1n) is 11.0. The average molecular weight is 420 g/mol. The van der Waals surface area contributed by atoms with E-state index < -0.39 is 0 Å². The molecular weight excluding hydrogens is 390 g/mol. The minimum atomic E-state index is 0.452. The minimum Gasteiger partial charge on any atom is -0.377 e. The first-order chi connectivity index (χ1) is 15.2. The van der Waals surface area contributed by atoms with Crippen molar-refractivity contribution in [2.45, 2.75) is 38.9 Å². The monoisotopic (exact) mass is 419 g/mol. The number of hydrogen-bond acceptors (Lipinski definition) is 7. The highest BCUT2D eigenvalue weighted by Crippen LogP contribution is 2.31. The van der Waals surface area contributed by atoms with Crippen LogP contribution in [-0.4, -0.2) is 58.3 Å². The molecule has 0 aromatic carbocycles. The van der Waals surface area contributed by atoms with Gasteiger partial charge in [0, 0.05) is 36.9 Å². The first kappa shape index (κ1) is 20.0. The molecule has 0 bridgehead atoms. The topological polar surface area (TPSA) is 91.0 Å². The van der Waals surface area contributed by atoms with Crippen molar-refractivity contribution < 1.29 is 4.74 Å². The third kappa shape index (κ3) is 4.26. The van der Waals surface area contributed by atoms with Gasteiger partial charge >= 0.3 is 0 Å². The van der Waals surface area contributed by atoms with Crippen LogP contribution in [0.2, 0.25) is 0 Å². The van der Waals surface area contributed by atoms with Crippen LogP contribution in [0.25, 0.3) is 16.6 Å². The van der Waals surface area contributed by atoms with Crippen molar-refractivity contribution in [2.24, 2.45) is 0 Å². The van der Waals surface area contributed by atoms with Gasteiger partial charge in [-0.05, 0) is 38.0 Å². The normalized spacial score (nSPS) is 21.9. The first-order valence-corrected chi connectivity index (χ1v) is 11.0. The second kappa shape index (κ2) is 8.64. The molecule has 2 aliphatic rings. The van der Waals surface area contributed by atoms with Gasteiger partial charge in [0.05, 0.1) is 30.8 Å². The number of hydrogen-bond donors (Lipinski definition) is 3. The van der Waals surface area contributed by atoms with Crippen LogP contribution in [0.15, 0.2) is 36.8 Å². The highest BCUT2D eigenvalue weighted by molar-refractivity contribution is 5.98. The molecule has 1 fully saturated rings. The van der Waals surface area contributed by atoms with E-state index in [2.05, 4.69) is 68.6 Å². The van der Waals surface area contributed by atoms with E-state index in [0.717, 1.165) is 60.0 Å². The summed E-state index contributed by atoms with van der Waals surface area (Å²) in [6, 6.07) is 7.14. The lowest BCUT2D eigenvalue weighted by Crippen LogP contribution is -2.54. The van der Waals surface area contributed by atoms with Crippen LogP contribution in [0.1, 0.15) is 31.5 Å². The van der Waals surface area contributed by atoms with Crippen LogP contribution >= 0.6 is 0 Å². The zero-order chi connectivity index (χ0) is 21.2. The van der Waals surface area contributed by atoms with E-state index in [1.54, 1.807) is 6.33 Å². The number of H-pyrrole nitrogens is 1. The third-order valence-electron chi connectivity index (χ3n) is 5.89. The summed E-state index contributed by atoms with van der Waals surface area (Å²) in [4.78, 5) is 19.5. The van der Waals surface area contributed by atoms with Crippen LogP contribution in [0, 0.1) is 0 Å².